The zero-order chi connectivity index (χ0) is 13.9. The number of ether oxygens (including phenoxy) is 2. The van der Waals surface area contributed by atoms with Crippen LogP contribution in [0.5, 0.6) is 0 Å². The van der Waals surface area contributed by atoms with Gasteiger partial charge in [-0.2, -0.15) is 0 Å². The Labute approximate surface area is 111 Å². The van der Waals surface area contributed by atoms with E-state index in [0.29, 0.717) is 31.3 Å². The molecule has 1 rings (SSSR count). The van der Waals surface area contributed by atoms with Gasteiger partial charge < -0.3 is 25.2 Å². The number of carbonyl (C=O) groups excluding carboxylic acids is 1. The third-order valence-corrected chi connectivity index (χ3v) is 2.11. The van der Waals surface area contributed by atoms with Gasteiger partial charge in [0, 0.05) is 13.7 Å². The monoisotopic (exact) mass is 269 g/mol. The van der Waals surface area contributed by atoms with Gasteiger partial charge in [0.05, 0.1) is 31.7 Å². The molecule has 0 radical (unpaired) electrons. The normalized spacial score (nSPS) is 10.2. The molecule has 0 aromatic carbocycles. The largest absolute Gasteiger partial charge is 0.394 e. The highest BCUT2D eigenvalue weighted by Gasteiger charge is 2.01. The fourth-order valence-electron chi connectivity index (χ4n) is 1.32. The summed E-state index contributed by atoms with van der Waals surface area (Å²) in [7, 11) is 1.46. The lowest BCUT2D eigenvalue weighted by atomic mass is 10.4. The van der Waals surface area contributed by atoms with Gasteiger partial charge in [-0.25, -0.2) is 4.98 Å². The number of pyridine rings is 1. The first kappa shape index (κ1) is 15.4. The number of hydrogen-bond acceptors (Lipinski definition) is 6. The Morgan fingerprint density at radius 2 is 2.26 bits per heavy atom. The van der Waals surface area contributed by atoms with E-state index in [2.05, 4.69) is 15.6 Å². The van der Waals surface area contributed by atoms with Crippen LogP contribution in [-0.4, -0.2) is 56.1 Å². The molecule has 0 spiro atoms. The van der Waals surface area contributed by atoms with Gasteiger partial charge >= 0.3 is 0 Å². The second-order valence-electron chi connectivity index (χ2n) is 3.68. The first-order valence-electron chi connectivity index (χ1n) is 5.93. The molecule has 1 amide bonds. The Morgan fingerprint density at radius 1 is 1.42 bits per heavy atom. The average Bonchev–Trinajstić information content (AvgIpc) is 2.41. The van der Waals surface area contributed by atoms with Gasteiger partial charge in [-0.3, -0.25) is 4.79 Å². The standard InChI is InChI=1S/C12H19N3O4/c1-18-9-12(17)15-10-2-3-11(14-8-10)13-4-6-19-7-5-16/h2-3,8,16H,4-7,9H2,1H3,(H,13,14)(H,15,17). The third kappa shape index (κ3) is 6.70. The number of amides is 1. The van der Waals surface area contributed by atoms with Crippen molar-refractivity contribution in [1.29, 1.82) is 0 Å². The average molecular weight is 269 g/mol. The Hall–Kier alpha value is -1.70. The fraction of sp³-hybridized carbons (Fsp3) is 0.500. The van der Waals surface area contributed by atoms with Gasteiger partial charge in [0.25, 0.3) is 0 Å². The molecule has 7 nitrogen and oxygen atoms in total. The van der Waals surface area contributed by atoms with E-state index >= 15 is 0 Å². The zero-order valence-corrected chi connectivity index (χ0v) is 10.9. The molecule has 0 aliphatic rings. The molecule has 7 heteroatoms. The van der Waals surface area contributed by atoms with Crippen molar-refractivity contribution in [2.24, 2.45) is 0 Å². The minimum absolute atomic E-state index is 0.0161. The lowest BCUT2D eigenvalue weighted by molar-refractivity contribution is -0.119. The molecule has 0 saturated carbocycles. The summed E-state index contributed by atoms with van der Waals surface area (Å²) in [6.07, 6.45) is 1.56. The number of methoxy groups -OCH3 is 1. The minimum Gasteiger partial charge on any atom is -0.394 e. The number of aliphatic hydroxyl groups is 1. The van der Waals surface area contributed by atoms with E-state index in [1.807, 2.05) is 0 Å². The van der Waals surface area contributed by atoms with Crippen molar-refractivity contribution in [2.75, 3.05) is 50.7 Å². The van der Waals surface area contributed by atoms with Crippen molar-refractivity contribution in [3.05, 3.63) is 18.3 Å². The van der Waals surface area contributed by atoms with Crippen LogP contribution in [0, 0.1) is 0 Å². The van der Waals surface area contributed by atoms with Crippen molar-refractivity contribution in [1.82, 2.24) is 4.98 Å². The van der Waals surface area contributed by atoms with Gasteiger partial charge in [0.2, 0.25) is 5.91 Å². The van der Waals surface area contributed by atoms with Crippen molar-refractivity contribution in [3.8, 4) is 0 Å². The molecule has 3 N–H and O–H groups in total. The van der Waals surface area contributed by atoms with Crippen LogP contribution < -0.4 is 10.6 Å². The Bertz CT molecular complexity index is 370. The molecular weight excluding hydrogens is 250 g/mol. The molecule has 1 heterocycles. The van der Waals surface area contributed by atoms with Crippen LogP contribution in [0.2, 0.25) is 0 Å². The van der Waals surface area contributed by atoms with E-state index in [1.54, 1.807) is 18.3 Å². The third-order valence-electron chi connectivity index (χ3n) is 2.11. The molecule has 19 heavy (non-hydrogen) atoms. The number of anilines is 2. The summed E-state index contributed by atoms with van der Waals surface area (Å²) in [5, 5.41) is 14.2. The first-order chi connectivity index (χ1) is 9.26. The molecular formula is C12H19N3O4. The Kier molecular flexibility index (Phi) is 7.48. The molecule has 0 unspecified atom stereocenters. The van der Waals surface area contributed by atoms with Gasteiger partial charge in [-0.15, -0.1) is 0 Å². The van der Waals surface area contributed by atoms with Crippen molar-refractivity contribution < 1.29 is 19.4 Å². The second kappa shape index (κ2) is 9.26. The van der Waals surface area contributed by atoms with E-state index < -0.39 is 0 Å². The van der Waals surface area contributed by atoms with E-state index in [9.17, 15) is 4.79 Å². The van der Waals surface area contributed by atoms with Crippen LogP contribution in [0.3, 0.4) is 0 Å². The molecule has 0 aliphatic carbocycles. The maximum Gasteiger partial charge on any atom is 0.250 e. The van der Waals surface area contributed by atoms with Crippen LogP contribution in [0.4, 0.5) is 11.5 Å². The van der Waals surface area contributed by atoms with E-state index in [-0.39, 0.29) is 19.1 Å². The van der Waals surface area contributed by atoms with E-state index in [4.69, 9.17) is 14.6 Å². The van der Waals surface area contributed by atoms with Gasteiger partial charge in [-0.05, 0) is 12.1 Å². The molecule has 0 saturated heterocycles. The van der Waals surface area contributed by atoms with Crippen LogP contribution >= 0.6 is 0 Å². The smallest absolute Gasteiger partial charge is 0.250 e. The minimum atomic E-state index is -0.220. The van der Waals surface area contributed by atoms with Gasteiger partial charge in [-0.1, -0.05) is 0 Å². The van der Waals surface area contributed by atoms with Crippen LogP contribution in [0.15, 0.2) is 18.3 Å². The zero-order valence-electron chi connectivity index (χ0n) is 10.9. The predicted octanol–water partition coefficient (Wildman–Crippen LogP) is 0.0873. The van der Waals surface area contributed by atoms with E-state index in [1.165, 1.54) is 7.11 Å². The Morgan fingerprint density at radius 3 is 2.89 bits per heavy atom. The van der Waals surface area contributed by atoms with E-state index in [0.717, 1.165) is 0 Å². The summed E-state index contributed by atoms with van der Waals surface area (Å²) in [5.74, 6) is 0.472. The maximum absolute atomic E-state index is 11.3. The highest BCUT2D eigenvalue weighted by atomic mass is 16.5. The fourth-order valence-corrected chi connectivity index (χ4v) is 1.32. The summed E-state index contributed by atoms with van der Waals surface area (Å²) < 4.78 is 9.80. The molecule has 0 atom stereocenters. The van der Waals surface area contributed by atoms with Gasteiger partial charge in [0.1, 0.15) is 12.4 Å². The van der Waals surface area contributed by atoms with Crippen LogP contribution in [0.25, 0.3) is 0 Å². The number of rotatable bonds is 9. The van der Waals surface area contributed by atoms with Gasteiger partial charge in [0.15, 0.2) is 0 Å². The molecule has 106 valence electrons. The molecule has 1 aromatic rings. The number of carbonyl (C=O) groups is 1. The number of aromatic nitrogens is 1. The number of hydrogen-bond donors (Lipinski definition) is 3. The number of nitrogens with one attached hydrogen (secondary N) is 2. The molecule has 0 bridgehead atoms. The van der Waals surface area contributed by atoms with Crippen molar-refractivity contribution >= 4 is 17.4 Å². The summed E-state index contributed by atoms with van der Waals surface area (Å²) in [5.41, 5.74) is 0.615. The van der Waals surface area contributed by atoms with Crippen molar-refractivity contribution in [2.45, 2.75) is 0 Å². The summed E-state index contributed by atoms with van der Waals surface area (Å²) in [6.45, 7) is 1.47. The molecule has 0 fully saturated rings. The SMILES string of the molecule is COCC(=O)Nc1ccc(NCCOCCO)nc1. The lowest BCUT2D eigenvalue weighted by Crippen LogP contribution is -2.17. The number of nitrogens with zero attached hydrogens (tertiary/aromatic N) is 1. The molecule has 0 aliphatic heterocycles. The highest BCUT2D eigenvalue weighted by Crippen LogP contribution is 2.09. The van der Waals surface area contributed by atoms with Crippen LogP contribution in [0.1, 0.15) is 0 Å². The molecule has 1 aromatic heterocycles. The van der Waals surface area contributed by atoms with Crippen LogP contribution in [-0.2, 0) is 14.3 Å². The summed E-state index contributed by atoms with van der Waals surface area (Å²) in [6, 6.07) is 3.51. The lowest BCUT2D eigenvalue weighted by Gasteiger charge is -2.07. The maximum atomic E-state index is 11.3. The first-order valence-corrected chi connectivity index (χ1v) is 5.93. The highest BCUT2D eigenvalue weighted by molar-refractivity contribution is 5.91. The quantitative estimate of drug-likeness (QED) is 0.550. The topological polar surface area (TPSA) is 92.7 Å². The summed E-state index contributed by atoms with van der Waals surface area (Å²) in [4.78, 5) is 15.4. The second-order valence-corrected chi connectivity index (χ2v) is 3.68. The summed E-state index contributed by atoms with van der Waals surface area (Å²) >= 11 is 0. The number of aliphatic hydroxyl groups excluding tert-OH is 1. The predicted molar refractivity (Wildman–Crippen MR) is 71.1 cm³/mol. The Balaban J connectivity index is 2.29. The van der Waals surface area contributed by atoms with Crippen molar-refractivity contribution in [3.63, 3.8) is 0 Å².